The second-order valence-electron chi connectivity index (χ2n) is 10.2. The normalized spacial score (nSPS) is 14.4. The topological polar surface area (TPSA) is 84.8 Å². The summed E-state index contributed by atoms with van der Waals surface area (Å²) in [5.74, 6) is 1.16. The van der Waals surface area contributed by atoms with Gasteiger partial charge < -0.3 is 26.0 Å². The molecule has 3 rings (SSSR count). The van der Waals surface area contributed by atoms with Gasteiger partial charge >= 0.3 is 0 Å². The molecule has 2 aromatic rings. The van der Waals surface area contributed by atoms with Crippen LogP contribution < -0.4 is 10.6 Å². The van der Waals surface area contributed by atoms with Gasteiger partial charge in [0.05, 0.1) is 0 Å². The summed E-state index contributed by atoms with van der Waals surface area (Å²) in [7, 11) is 0. The van der Waals surface area contributed by atoms with Gasteiger partial charge in [0.15, 0.2) is 11.5 Å². The molecule has 0 aliphatic heterocycles. The second kappa shape index (κ2) is 15.7. The van der Waals surface area contributed by atoms with Crippen LogP contribution in [-0.2, 0) is 19.3 Å². The van der Waals surface area contributed by atoms with E-state index in [0.29, 0.717) is 6.42 Å². The summed E-state index contributed by atoms with van der Waals surface area (Å²) in [4.78, 5) is 0. The molecular formula is C30H46N2O3. The van der Waals surface area contributed by atoms with Crippen LogP contribution in [0.1, 0.15) is 80.9 Å². The van der Waals surface area contributed by atoms with Crippen molar-refractivity contribution < 1.29 is 15.3 Å². The lowest BCUT2D eigenvalue weighted by Gasteiger charge is -2.21. The van der Waals surface area contributed by atoms with E-state index < -0.39 is 0 Å². The van der Waals surface area contributed by atoms with Gasteiger partial charge in [-0.15, -0.1) is 0 Å². The predicted molar refractivity (Wildman–Crippen MR) is 144 cm³/mol. The molecule has 0 radical (unpaired) electrons. The quantitative estimate of drug-likeness (QED) is 0.153. The van der Waals surface area contributed by atoms with Crippen LogP contribution in [0.5, 0.6) is 17.2 Å². The molecule has 1 aliphatic rings. The Morgan fingerprint density at radius 3 is 2.06 bits per heavy atom. The molecule has 0 aromatic heterocycles. The van der Waals surface area contributed by atoms with E-state index in [2.05, 4.69) is 10.6 Å². The van der Waals surface area contributed by atoms with Gasteiger partial charge in [0.25, 0.3) is 0 Å². The zero-order chi connectivity index (χ0) is 24.7. The van der Waals surface area contributed by atoms with Crippen LogP contribution in [0, 0.1) is 5.92 Å². The first-order valence-corrected chi connectivity index (χ1v) is 13.9. The van der Waals surface area contributed by atoms with Crippen molar-refractivity contribution in [1.29, 1.82) is 0 Å². The van der Waals surface area contributed by atoms with E-state index in [0.717, 1.165) is 55.1 Å². The van der Waals surface area contributed by atoms with Crippen LogP contribution in [0.3, 0.4) is 0 Å². The van der Waals surface area contributed by atoms with Crippen molar-refractivity contribution in [2.45, 2.75) is 83.5 Å². The Morgan fingerprint density at radius 1 is 0.657 bits per heavy atom. The highest BCUT2D eigenvalue weighted by molar-refractivity contribution is 5.49. The van der Waals surface area contributed by atoms with Gasteiger partial charge in [0, 0.05) is 5.56 Å². The Hall–Kier alpha value is -2.24. The first-order chi connectivity index (χ1) is 17.1. The highest BCUT2D eigenvalue weighted by Gasteiger charge is 2.13. The zero-order valence-corrected chi connectivity index (χ0v) is 21.4. The van der Waals surface area contributed by atoms with Crippen molar-refractivity contribution in [2.75, 3.05) is 26.2 Å². The van der Waals surface area contributed by atoms with Crippen molar-refractivity contribution in [3.8, 4) is 17.2 Å². The number of aromatic hydroxyl groups is 3. The fourth-order valence-corrected chi connectivity index (χ4v) is 5.22. The smallest absolute Gasteiger partial charge is 0.160 e. The van der Waals surface area contributed by atoms with E-state index in [-0.39, 0.29) is 17.2 Å². The van der Waals surface area contributed by atoms with Crippen molar-refractivity contribution >= 4 is 0 Å². The summed E-state index contributed by atoms with van der Waals surface area (Å²) in [6.45, 7) is 4.22. The molecule has 0 bridgehead atoms. The lowest BCUT2D eigenvalue weighted by molar-refractivity contribution is 0.333. The summed E-state index contributed by atoms with van der Waals surface area (Å²) in [6.07, 6.45) is 15.8. The van der Waals surface area contributed by atoms with Gasteiger partial charge in [-0.3, -0.25) is 0 Å². The van der Waals surface area contributed by atoms with Gasteiger partial charge in [-0.25, -0.2) is 0 Å². The van der Waals surface area contributed by atoms with Crippen LogP contribution in [-0.4, -0.2) is 41.5 Å². The lowest BCUT2D eigenvalue weighted by atomic mass is 9.87. The van der Waals surface area contributed by atoms with Gasteiger partial charge in [-0.1, -0.05) is 63.1 Å². The van der Waals surface area contributed by atoms with Crippen LogP contribution >= 0.6 is 0 Å². The molecule has 35 heavy (non-hydrogen) atoms. The van der Waals surface area contributed by atoms with E-state index in [9.17, 15) is 15.3 Å². The number of aryl methyl sites for hydroxylation is 1. The number of hydrogen-bond donors (Lipinski definition) is 5. The van der Waals surface area contributed by atoms with Crippen molar-refractivity contribution in [2.24, 2.45) is 5.92 Å². The highest BCUT2D eigenvalue weighted by Crippen LogP contribution is 2.32. The number of benzene rings is 2. The number of phenolic OH excluding ortho intramolecular Hbond substituents is 3. The third-order valence-electron chi connectivity index (χ3n) is 7.44. The minimum Gasteiger partial charge on any atom is -0.508 e. The minimum atomic E-state index is -0.0640. The van der Waals surface area contributed by atoms with E-state index in [1.54, 1.807) is 18.2 Å². The number of nitrogens with one attached hydrogen (secondary N) is 2. The molecule has 0 amide bonds. The van der Waals surface area contributed by atoms with Crippen LogP contribution in [0.25, 0.3) is 0 Å². The number of unbranched alkanes of at least 4 members (excludes halogenated alkanes) is 3. The predicted octanol–water partition coefficient (Wildman–Crippen LogP) is 5.84. The molecular weight excluding hydrogens is 436 g/mol. The second-order valence-corrected chi connectivity index (χ2v) is 10.2. The highest BCUT2D eigenvalue weighted by atomic mass is 16.3. The fourth-order valence-electron chi connectivity index (χ4n) is 5.22. The van der Waals surface area contributed by atoms with Gasteiger partial charge in [-0.05, 0) is 99.9 Å². The van der Waals surface area contributed by atoms with E-state index in [1.807, 2.05) is 18.2 Å². The van der Waals surface area contributed by atoms with Gasteiger partial charge in [-0.2, -0.15) is 0 Å². The maximum absolute atomic E-state index is 10.4. The molecule has 5 heteroatoms. The van der Waals surface area contributed by atoms with E-state index in [1.165, 1.54) is 70.8 Å². The summed E-state index contributed by atoms with van der Waals surface area (Å²) < 4.78 is 0. The molecule has 1 fully saturated rings. The Labute approximate surface area is 212 Å². The van der Waals surface area contributed by atoms with Crippen LogP contribution in [0.2, 0.25) is 0 Å². The SMILES string of the molecule is Oc1ccc(CCc2c(CCNCCCCCCNCCC3CCCCC3)ccc(O)c2O)cc1. The number of hydrogen-bond acceptors (Lipinski definition) is 5. The molecule has 1 aliphatic carbocycles. The Bertz CT molecular complexity index is 847. The standard InChI is InChI=1S/C30H46N2O3/c33-27-14-10-25(11-15-27)12-16-28-26(13-17-29(34)30(28)35)19-23-32-21-7-2-1-6-20-31-22-18-24-8-4-3-5-9-24/h10-11,13-15,17,24,31-35H,1-9,12,16,18-23H2. The van der Waals surface area contributed by atoms with Gasteiger partial charge in [0.2, 0.25) is 0 Å². The largest absolute Gasteiger partial charge is 0.508 e. The maximum Gasteiger partial charge on any atom is 0.160 e. The average molecular weight is 483 g/mol. The minimum absolute atomic E-state index is 0.00590. The monoisotopic (exact) mass is 482 g/mol. The zero-order valence-electron chi connectivity index (χ0n) is 21.4. The molecule has 0 spiro atoms. The van der Waals surface area contributed by atoms with Crippen molar-refractivity contribution in [1.82, 2.24) is 10.6 Å². The summed E-state index contributed by atoms with van der Waals surface area (Å²) >= 11 is 0. The molecule has 0 atom stereocenters. The molecule has 2 aromatic carbocycles. The molecule has 0 saturated heterocycles. The molecule has 194 valence electrons. The Morgan fingerprint density at radius 2 is 1.34 bits per heavy atom. The molecule has 1 saturated carbocycles. The van der Waals surface area contributed by atoms with Crippen molar-refractivity contribution in [3.63, 3.8) is 0 Å². The van der Waals surface area contributed by atoms with Crippen molar-refractivity contribution in [3.05, 3.63) is 53.1 Å². The third-order valence-corrected chi connectivity index (χ3v) is 7.44. The van der Waals surface area contributed by atoms with Gasteiger partial charge in [0.1, 0.15) is 5.75 Å². The maximum atomic E-state index is 10.4. The first kappa shape index (κ1) is 27.3. The van der Waals surface area contributed by atoms with E-state index >= 15 is 0 Å². The Kier molecular flexibility index (Phi) is 12.3. The molecule has 0 unspecified atom stereocenters. The molecule has 5 nitrogen and oxygen atoms in total. The van der Waals surface area contributed by atoms with Crippen LogP contribution in [0.15, 0.2) is 36.4 Å². The van der Waals surface area contributed by atoms with E-state index in [4.69, 9.17) is 0 Å². The summed E-state index contributed by atoms with van der Waals surface area (Å²) in [5.41, 5.74) is 2.98. The summed E-state index contributed by atoms with van der Waals surface area (Å²) in [6, 6.07) is 10.6. The number of rotatable bonds is 16. The van der Waals surface area contributed by atoms with Crippen LogP contribution in [0.4, 0.5) is 0 Å². The molecule has 0 heterocycles. The Balaban J connectivity index is 1.25. The molecule has 5 N–H and O–H groups in total. The number of phenols is 3. The average Bonchev–Trinajstić information content (AvgIpc) is 2.88. The third kappa shape index (κ3) is 10.1. The fraction of sp³-hybridized carbons (Fsp3) is 0.600. The summed E-state index contributed by atoms with van der Waals surface area (Å²) in [5, 5.41) is 37.0. The lowest BCUT2D eigenvalue weighted by Crippen LogP contribution is -2.21. The first-order valence-electron chi connectivity index (χ1n) is 13.9.